The van der Waals surface area contributed by atoms with Gasteiger partial charge in [-0.1, -0.05) is 22.4 Å². The summed E-state index contributed by atoms with van der Waals surface area (Å²) >= 11 is 3.48. The van der Waals surface area contributed by atoms with E-state index in [9.17, 15) is 4.39 Å². The third kappa shape index (κ3) is 2.83. The molecule has 0 aromatic heterocycles. The van der Waals surface area contributed by atoms with E-state index in [-0.39, 0.29) is 5.82 Å². The minimum atomic E-state index is -0.150. The molecule has 16 heavy (non-hydrogen) atoms. The summed E-state index contributed by atoms with van der Waals surface area (Å²) in [5.74, 6) is -0.150. The smallest absolute Gasteiger partial charge is 0.123 e. The van der Waals surface area contributed by atoms with Crippen LogP contribution in [0.3, 0.4) is 0 Å². The lowest BCUT2D eigenvalue weighted by molar-refractivity contribution is 0.152. The lowest BCUT2D eigenvalue weighted by Crippen LogP contribution is -2.36. The Balaban J connectivity index is 2.10. The molecule has 1 aliphatic heterocycles. The fraction of sp³-hybridized carbons (Fsp3) is 0.538. The Morgan fingerprint density at radius 3 is 3.00 bits per heavy atom. The van der Waals surface area contributed by atoms with E-state index in [0.717, 1.165) is 23.1 Å². The summed E-state index contributed by atoms with van der Waals surface area (Å²) in [6.45, 7) is 4.23. The van der Waals surface area contributed by atoms with Crippen LogP contribution >= 0.6 is 15.9 Å². The Bertz CT molecular complexity index is 367. The molecule has 1 nitrogen and oxygen atoms in total. The molecule has 1 heterocycles. The molecule has 0 radical (unpaired) electrons. The van der Waals surface area contributed by atoms with Crippen LogP contribution in [0.4, 0.5) is 4.39 Å². The highest BCUT2D eigenvalue weighted by Crippen LogP contribution is 2.23. The molecule has 0 bridgehead atoms. The third-order valence-electron chi connectivity index (χ3n) is 3.32. The first-order chi connectivity index (χ1) is 7.66. The largest absolute Gasteiger partial charge is 0.296 e. The highest BCUT2D eigenvalue weighted by atomic mass is 79.9. The van der Waals surface area contributed by atoms with Crippen molar-refractivity contribution in [2.75, 3.05) is 6.54 Å². The van der Waals surface area contributed by atoms with Crippen molar-refractivity contribution in [3.63, 3.8) is 0 Å². The summed E-state index contributed by atoms with van der Waals surface area (Å²) in [5.41, 5.74) is 1.05. The molecular weight excluding hydrogens is 269 g/mol. The van der Waals surface area contributed by atoms with E-state index >= 15 is 0 Å². The maximum Gasteiger partial charge on any atom is 0.123 e. The molecule has 0 N–H and O–H groups in total. The molecule has 1 unspecified atom stereocenters. The third-order valence-corrected chi connectivity index (χ3v) is 4.10. The average Bonchev–Trinajstić information content (AvgIpc) is 2.27. The molecule has 2 rings (SSSR count). The van der Waals surface area contributed by atoms with Crippen LogP contribution in [-0.4, -0.2) is 17.5 Å². The molecule has 1 aromatic carbocycles. The van der Waals surface area contributed by atoms with Crippen LogP contribution in [0, 0.1) is 5.82 Å². The molecular formula is C13H17BrFN. The van der Waals surface area contributed by atoms with Crippen LogP contribution in [0.15, 0.2) is 22.7 Å². The van der Waals surface area contributed by atoms with Crippen LogP contribution in [-0.2, 0) is 6.54 Å². The summed E-state index contributed by atoms with van der Waals surface area (Å²) in [7, 11) is 0. The van der Waals surface area contributed by atoms with Crippen LogP contribution in [0.2, 0.25) is 0 Å². The fourth-order valence-electron chi connectivity index (χ4n) is 2.28. The number of hydrogen-bond donors (Lipinski definition) is 0. The second kappa shape index (κ2) is 5.28. The standard InChI is InChI=1S/C13H17BrFN/c1-10-4-2-3-7-16(10)9-11-8-12(15)5-6-13(11)14/h5-6,8,10H,2-4,7,9H2,1H3. The molecule has 1 atom stereocenters. The quantitative estimate of drug-likeness (QED) is 0.795. The summed E-state index contributed by atoms with van der Waals surface area (Å²) < 4.78 is 14.2. The zero-order valence-corrected chi connectivity index (χ0v) is 11.1. The SMILES string of the molecule is CC1CCCCN1Cc1cc(F)ccc1Br. The van der Waals surface area contributed by atoms with Gasteiger partial charge in [-0.25, -0.2) is 4.39 Å². The molecule has 0 amide bonds. The zero-order chi connectivity index (χ0) is 11.5. The lowest BCUT2D eigenvalue weighted by Gasteiger charge is -2.33. The first-order valence-electron chi connectivity index (χ1n) is 5.85. The number of rotatable bonds is 2. The number of benzene rings is 1. The Morgan fingerprint density at radius 2 is 2.25 bits per heavy atom. The molecule has 0 spiro atoms. The van der Waals surface area contributed by atoms with Gasteiger partial charge in [0.15, 0.2) is 0 Å². The predicted octanol–water partition coefficient (Wildman–Crippen LogP) is 3.96. The summed E-state index contributed by atoms with van der Waals surface area (Å²) in [6, 6.07) is 5.53. The minimum Gasteiger partial charge on any atom is -0.296 e. The number of nitrogens with zero attached hydrogens (tertiary/aromatic N) is 1. The van der Waals surface area contributed by atoms with Crippen LogP contribution in [0.5, 0.6) is 0 Å². The molecule has 3 heteroatoms. The van der Waals surface area contributed by atoms with Crippen molar-refractivity contribution in [3.8, 4) is 0 Å². The first-order valence-corrected chi connectivity index (χ1v) is 6.64. The van der Waals surface area contributed by atoms with Crippen molar-refractivity contribution < 1.29 is 4.39 Å². The van der Waals surface area contributed by atoms with E-state index in [0.29, 0.717) is 6.04 Å². The Hall–Kier alpha value is -0.410. The van der Waals surface area contributed by atoms with Gasteiger partial charge in [0.05, 0.1) is 0 Å². The topological polar surface area (TPSA) is 3.24 Å². The Labute approximate surface area is 105 Å². The molecule has 0 aliphatic carbocycles. The molecule has 1 aromatic rings. The number of halogens is 2. The summed E-state index contributed by atoms with van der Waals surface area (Å²) in [4.78, 5) is 2.43. The van der Waals surface area contributed by atoms with Gasteiger partial charge >= 0.3 is 0 Å². The summed E-state index contributed by atoms with van der Waals surface area (Å²) in [6.07, 6.45) is 3.84. The average molecular weight is 286 g/mol. The van der Waals surface area contributed by atoms with E-state index in [2.05, 4.69) is 27.8 Å². The van der Waals surface area contributed by atoms with Gasteiger partial charge in [0.2, 0.25) is 0 Å². The maximum absolute atomic E-state index is 13.2. The molecule has 0 saturated carbocycles. The number of likely N-dealkylation sites (tertiary alicyclic amines) is 1. The van der Waals surface area contributed by atoms with Gasteiger partial charge in [-0.15, -0.1) is 0 Å². The monoisotopic (exact) mass is 285 g/mol. The number of piperidine rings is 1. The van der Waals surface area contributed by atoms with Crippen molar-refractivity contribution in [1.29, 1.82) is 0 Å². The predicted molar refractivity (Wildman–Crippen MR) is 67.8 cm³/mol. The second-order valence-corrected chi connectivity index (χ2v) is 5.41. The highest BCUT2D eigenvalue weighted by molar-refractivity contribution is 9.10. The van der Waals surface area contributed by atoms with Gasteiger partial charge in [-0.3, -0.25) is 4.90 Å². The highest BCUT2D eigenvalue weighted by Gasteiger charge is 2.19. The first kappa shape index (κ1) is 12.1. The van der Waals surface area contributed by atoms with E-state index in [4.69, 9.17) is 0 Å². The Kier molecular flexibility index (Phi) is 3.98. The van der Waals surface area contributed by atoms with Crippen LogP contribution < -0.4 is 0 Å². The van der Waals surface area contributed by atoms with Gasteiger partial charge in [-0.05, 0) is 50.1 Å². The Morgan fingerprint density at radius 1 is 1.44 bits per heavy atom. The zero-order valence-electron chi connectivity index (χ0n) is 9.55. The molecule has 1 fully saturated rings. The molecule has 1 saturated heterocycles. The van der Waals surface area contributed by atoms with Crippen molar-refractivity contribution in [2.45, 2.75) is 38.8 Å². The normalized spacial score (nSPS) is 22.3. The van der Waals surface area contributed by atoms with E-state index in [1.54, 1.807) is 12.1 Å². The van der Waals surface area contributed by atoms with Crippen molar-refractivity contribution in [3.05, 3.63) is 34.1 Å². The molecule has 88 valence electrons. The lowest BCUT2D eigenvalue weighted by atomic mass is 10.0. The van der Waals surface area contributed by atoms with Gasteiger partial charge in [0, 0.05) is 17.1 Å². The van der Waals surface area contributed by atoms with Crippen LogP contribution in [0.1, 0.15) is 31.7 Å². The van der Waals surface area contributed by atoms with E-state index in [1.165, 1.54) is 25.3 Å². The van der Waals surface area contributed by atoms with Crippen LogP contribution in [0.25, 0.3) is 0 Å². The van der Waals surface area contributed by atoms with Crippen molar-refractivity contribution in [1.82, 2.24) is 4.90 Å². The van der Waals surface area contributed by atoms with Crippen molar-refractivity contribution >= 4 is 15.9 Å². The van der Waals surface area contributed by atoms with Gasteiger partial charge < -0.3 is 0 Å². The fourth-order valence-corrected chi connectivity index (χ4v) is 2.65. The van der Waals surface area contributed by atoms with Crippen molar-refractivity contribution in [2.24, 2.45) is 0 Å². The minimum absolute atomic E-state index is 0.150. The maximum atomic E-state index is 13.2. The van der Waals surface area contributed by atoms with E-state index in [1.807, 2.05) is 0 Å². The summed E-state index contributed by atoms with van der Waals surface area (Å²) in [5, 5.41) is 0. The van der Waals surface area contributed by atoms with E-state index < -0.39 is 0 Å². The molecule has 1 aliphatic rings. The van der Waals surface area contributed by atoms with Gasteiger partial charge in [0.25, 0.3) is 0 Å². The van der Waals surface area contributed by atoms with Gasteiger partial charge in [-0.2, -0.15) is 0 Å². The van der Waals surface area contributed by atoms with Gasteiger partial charge in [0.1, 0.15) is 5.82 Å². The number of hydrogen-bond acceptors (Lipinski definition) is 1. The second-order valence-electron chi connectivity index (χ2n) is 4.55.